The zero-order valence-electron chi connectivity index (χ0n) is 10.4. The van der Waals surface area contributed by atoms with Crippen molar-refractivity contribution in [3.8, 4) is 5.75 Å². The Balaban J connectivity index is 2.97. The molecule has 0 atom stereocenters. The Labute approximate surface area is 112 Å². The van der Waals surface area contributed by atoms with Gasteiger partial charge in [-0.3, -0.25) is 4.55 Å². The van der Waals surface area contributed by atoms with E-state index < -0.39 is 32.6 Å². The number of hydrogen-bond donors (Lipinski definition) is 1. The summed E-state index contributed by atoms with van der Waals surface area (Å²) in [5.74, 6) is -0.426. The molecule has 0 aliphatic heterocycles. The van der Waals surface area contributed by atoms with Crippen LogP contribution in [0.25, 0.3) is 0 Å². The molecule has 0 aliphatic carbocycles. The molecule has 0 fully saturated rings. The molecule has 108 valence electrons. The van der Waals surface area contributed by atoms with E-state index >= 15 is 0 Å². The molecule has 0 heterocycles. The van der Waals surface area contributed by atoms with E-state index in [0.717, 1.165) is 5.56 Å². The Bertz CT molecular complexity index is 646. The van der Waals surface area contributed by atoms with Crippen LogP contribution in [0.1, 0.15) is 5.56 Å². The molecule has 0 saturated heterocycles. The van der Waals surface area contributed by atoms with Crippen LogP contribution in [0.2, 0.25) is 0 Å². The molecule has 0 unspecified atom stereocenters. The lowest BCUT2D eigenvalue weighted by molar-refractivity contribution is 0.284. The highest BCUT2D eigenvalue weighted by molar-refractivity contribution is 7.91. The lowest BCUT2D eigenvalue weighted by atomic mass is 10.2. The minimum Gasteiger partial charge on any atom is -0.495 e. The second kappa shape index (κ2) is 5.87. The van der Waals surface area contributed by atoms with E-state index in [1.165, 1.54) is 19.2 Å². The number of benzene rings is 1. The summed E-state index contributed by atoms with van der Waals surface area (Å²) in [6.07, 6.45) is 0. The fourth-order valence-corrected chi connectivity index (χ4v) is 3.13. The van der Waals surface area contributed by atoms with E-state index in [4.69, 9.17) is 9.29 Å². The van der Waals surface area contributed by atoms with Gasteiger partial charge in [-0.05, 0) is 24.6 Å². The molecule has 1 rings (SSSR count). The minimum absolute atomic E-state index is 0.0473. The maximum absolute atomic E-state index is 12.0. The van der Waals surface area contributed by atoms with Gasteiger partial charge in [-0.2, -0.15) is 8.42 Å². The molecular weight excluding hydrogens is 296 g/mol. The highest BCUT2D eigenvalue weighted by Crippen LogP contribution is 2.25. The van der Waals surface area contributed by atoms with Crippen molar-refractivity contribution in [2.24, 2.45) is 0 Å². The molecule has 0 saturated carbocycles. The summed E-state index contributed by atoms with van der Waals surface area (Å²) in [6.45, 7) is 1.05. The van der Waals surface area contributed by atoms with Gasteiger partial charge in [0, 0.05) is 0 Å². The van der Waals surface area contributed by atoms with Crippen molar-refractivity contribution in [2.75, 3.05) is 19.5 Å². The van der Waals surface area contributed by atoms with Gasteiger partial charge in [0.05, 0.1) is 19.5 Å². The topological polar surface area (TPSA) is 107 Å². The lowest BCUT2D eigenvalue weighted by Gasteiger charge is -2.10. The van der Waals surface area contributed by atoms with Crippen LogP contribution in [-0.2, 0) is 24.4 Å². The normalized spacial score (nSPS) is 12.4. The quantitative estimate of drug-likeness (QED) is 0.766. The van der Waals surface area contributed by atoms with Crippen LogP contribution in [0.15, 0.2) is 23.1 Å². The van der Waals surface area contributed by atoms with E-state index in [2.05, 4.69) is 4.18 Å². The summed E-state index contributed by atoms with van der Waals surface area (Å²) >= 11 is 0. The van der Waals surface area contributed by atoms with Crippen LogP contribution in [-0.4, -0.2) is 40.9 Å². The van der Waals surface area contributed by atoms with Gasteiger partial charge in [0.2, 0.25) is 0 Å². The van der Waals surface area contributed by atoms with Gasteiger partial charge >= 0.3 is 10.4 Å². The zero-order valence-corrected chi connectivity index (χ0v) is 12.0. The fourth-order valence-electron chi connectivity index (χ4n) is 1.39. The average Bonchev–Trinajstić information content (AvgIpc) is 2.27. The molecular formula is C10H14O7S2. The van der Waals surface area contributed by atoms with Crippen LogP contribution in [0, 0.1) is 6.92 Å². The Kier molecular flexibility index (Phi) is 4.91. The van der Waals surface area contributed by atoms with Crippen molar-refractivity contribution < 1.29 is 30.3 Å². The standard InChI is InChI=1S/C10H14O7S2/c1-8-3-4-9(16-2)10(7-8)18(11,12)6-5-17-19(13,14)15/h3-4,7H,5-6H2,1-2H3,(H,13,14,15). The molecule has 0 bridgehead atoms. The molecule has 0 amide bonds. The summed E-state index contributed by atoms with van der Waals surface area (Å²) in [5.41, 5.74) is 0.718. The number of ether oxygens (including phenoxy) is 1. The first-order valence-corrected chi connectivity index (χ1v) is 8.17. The Morgan fingerprint density at radius 3 is 2.37 bits per heavy atom. The molecule has 0 aliphatic rings. The summed E-state index contributed by atoms with van der Waals surface area (Å²) in [6, 6.07) is 4.61. The Morgan fingerprint density at radius 2 is 1.84 bits per heavy atom. The molecule has 9 heteroatoms. The van der Waals surface area contributed by atoms with Crippen molar-refractivity contribution in [1.82, 2.24) is 0 Å². The fraction of sp³-hybridized carbons (Fsp3) is 0.400. The van der Waals surface area contributed by atoms with Crippen molar-refractivity contribution in [3.63, 3.8) is 0 Å². The van der Waals surface area contributed by atoms with E-state index in [9.17, 15) is 16.8 Å². The highest BCUT2D eigenvalue weighted by Gasteiger charge is 2.20. The number of rotatable bonds is 6. The average molecular weight is 310 g/mol. The van der Waals surface area contributed by atoms with Crippen LogP contribution < -0.4 is 4.74 Å². The van der Waals surface area contributed by atoms with Gasteiger partial charge in [-0.25, -0.2) is 12.6 Å². The third-order valence-corrected chi connectivity index (χ3v) is 4.40. The smallest absolute Gasteiger partial charge is 0.397 e. The predicted molar refractivity (Wildman–Crippen MR) is 67.3 cm³/mol. The molecule has 0 radical (unpaired) electrons. The number of hydrogen-bond acceptors (Lipinski definition) is 6. The molecule has 1 aromatic carbocycles. The third-order valence-electron chi connectivity index (χ3n) is 2.24. The van der Waals surface area contributed by atoms with Gasteiger partial charge in [0.25, 0.3) is 0 Å². The summed E-state index contributed by atoms with van der Waals surface area (Å²) < 4.78 is 62.0. The zero-order chi connectivity index (χ0) is 14.7. The summed E-state index contributed by atoms with van der Waals surface area (Å²) in [4.78, 5) is -0.0473. The number of sulfone groups is 1. The SMILES string of the molecule is COc1ccc(C)cc1S(=O)(=O)CCOS(=O)(=O)O. The second-order valence-corrected chi connectivity index (χ2v) is 6.89. The van der Waals surface area contributed by atoms with Gasteiger partial charge in [-0.1, -0.05) is 6.07 Å². The van der Waals surface area contributed by atoms with Crippen LogP contribution in [0.4, 0.5) is 0 Å². The summed E-state index contributed by atoms with van der Waals surface area (Å²) in [5, 5.41) is 0. The largest absolute Gasteiger partial charge is 0.495 e. The highest BCUT2D eigenvalue weighted by atomic mass is 32.3. The van der Waals surface area contributed by atoms with Gasteiger partial charge in [-0.15, -0.1) is 0 Å². The minimum atomic E-state index is -4.65. The molecule has 19 heavy (non-hydrogen) atoms. The Hall–Kier alpha value is -1.16. The molecule has 1 aromatic rings. The first kappa shape index (κ1) is 15.9. The number of methoxy groups -OCH3 is 1. The van der Waals surface area contributed by atoms with Crippen molar-refractivity contribution in [1.29, 1.82) is 0 Å². The molecule has 7 nitrogen and oxygen atoms in total. The van der Waals surface area contributed by atoms with Crippen LogP contribution >= 0.6 is 0 Å². The van der Waals surface area contributed by atoms with E-state index in [-0.39, 0.29) is 10.6 Å². The van der Waals surface area contributed by atoms with Crippen molar-refractivity contribution in [3.05, 3.63) is 23.8 Å². The van der Waals surface area contributed by atoms with Crippen LogP contribution in [0.5, 0.6) is 5.75 Å². The molecule has 1 N–H and O–H groups in total. The predicted octanol–water partition coefficient (Wildman–Crippen LogP) is 0.597. The van der Waals surface area contributed by atoms with E-state index in [1.807, 2.05) is 0 Å². The van der Waals surface area contributed by atoms with Gasteiger partial charge < -0.3 is 4.74 Å². The first-order chi connectivity index (χ1) is 8.65. The lowest BCUT2D eigenvalue weighted by Crippen LogP contribution is -2.16. The monoisotopic (exact) mass is 310 g/mol. The summed E-state index contributed by atoms with van der Waals surface area (Å²) in [7, 11) is -7.09. The van der Waals surface area contributed by atoms with E-state index in [0.29, 0.717) is 0 Å². The molecule has 0 spiro atoms. The second-order valence-electron chi connectivity index (χ2n) is 3.72. The number of aryl methyl sites for hydroxylation is 1. The van der Waals surface area contributed by atoms with Crippen LogP contribution in [0.3, 0.4) is 0 Å². The maximum Gasteiger partial charge on any atom is 0.397 e. The van der Waals surface area contributed by atoms with Crippen molar-refractivity contribution in [2.45, 2.75) is 11.8 Å². The van der Waals surface area contributed by atoms with Gasteiger partial charge in [0.1, 0.15) is 10.6 Å². The maximum atomic E-state index is 12.0. The Morgan fingerprint density at radius 1 is 1.21 bits per heavy atom. The van der Waals surface area contributed by atoms with Crippen molar-refractivity contribution >= 4 is 20.2 Å². The van der Waals surface area contributed by atoms with Gasteiger partial charge in [0.15, 0.2) is 9.84 Å². The third kappa shape index (κ3) is 4.78. The van der Waals surface area contributed by atoms with E-state index in [1.54, 1.807) is 13.0 Å². The first-order valence-electron chi connectivity index (χ1n) is 5.15. The molecule has 0 aromatic heterocycles.